The van der Waals surface area contributed by atoms with Gasteiger partial charge in [0.05, 0.1) is 21.5 Å². The molecule has 1 amide bonds. The fraction of sp³-hybridized carbons (Fsp3) is 0.240. The highest BCUT2D eigenvalue weighted by molar-refractivity contribution is 7.93. The van der Waals surface area contributed by atoms with Crippen molar-refractivity contribution < 1.29 is 35.5 Å². The summed E-state index contributed by atoms with van der Waals surface area (Å²) in [6.07, 6.45) is 1.09. The molecule has 0 fully saturated rings. The van der Waals surface area contributed by atoms with E-state index >= 15 is 0 Å². The molecule has 1 unspecified atom stereocenters. The van der Waals surface area contributed by atoms with Crippen molar-refractivity contribution in [3.63, 3.8) is 0 Å². The minimum absolute atomic E-state index is 0.0322. The fourth-order valence-corrected chi connectivity index (χ4v) is 5.82. The summed E-state index contributed by atoms with van der Waals surface area (Å²) < 4.78 is 76.4. The van der Waals surface area contributed by atoms with Crippen LogP contribution in [0, 0.1) is 5.82 Å². The van der Waals surface area contributed by atoms with Gasteiger partial charge in [-0.1, -0.05) is 18.2 Å². The number of carbonyl (C=O) groups is 1. The van der Waals surface area contributed by atoms with Crippen LogP contribution in [0.15, 0.2) is 76.5 Å². The van der Waals surface area contributed by atoms with Gasteiger partial charge in [0.25, 0.3) is 10.0 Å². The number of nitrogens with zero attached hydrogens (tertiary/aromatic N) is 1. The predicted octanol–water partition coefficient (Wildman–Crippen LogP) is 3.07. The van der Waals surface area contributed by atoms with Gasteiger partial charge < -0.3 is 14.8 Å². The molecule has 3 aromatic carbocycles. The van der Waals surface area contributed by atoms with Crippen molar-refractivity contribution in [2.24, 2.45) is 0 Å². The number of amides is 1. The first-order valence-electron chi connectivity index (χ1n) is 11.2. The van der Waals surface area contributed by atoms with Gasteiger partial charge in [-0.2, -0.15) is 0 Å². The molecule has 0 aliphatic carbocycles. The molecule has 0 aromatic heterocycles. The lowest BCUT2D eigenvalue weighted by Gasteiger charge is -2.26. The highest BCUT2D eigenvalue weighted by atomic mass is 32.2. The van der Waals surface area contributed by atoms with Gasteiger partial charge in [-0.3, -0.25) is 9.10 Å². The number of rotatable bonds is 8. The molecule has 4 rings (SSSR count). The third-order valence-corrected chi connectivity index (χ3v) is 8.57. The Morgan fingerprint density at radius 2 is 1.59 bits per heavy atom. The quantitative estimate of drug-likeness (QED) is 0.460. The lowest BCUT2D eigenvalue weighted by molar-refractivity contribution is -0.120. The largest absolute Gasteiger partial charge is 0.486 e. The Hall–Kier alpha value is -3.64. The number of anilines is 1. The summed E-state index contributed by atoms with van der Waals surface area (Å²) >= 11 is 0. The van der Waals surface area contributed by atoms with E-state index in [9.17, 15) is 26.0 Å². The van der Waals surface area contributed by atoms with E-state index in [4.69, 9.17) is 9.47 Å². The first-order valence-corrected chi connectivity index (χ1v) is 14.6. The number of carbonyl (C=O) groups excluding carboxylic acids is 1. The molecular formula is C25H25FN2O7S2. The number of hydrogen-bond donors (Lipinski definition) is 1. The Morgan fingerprint density at radius 3 is 2.24 bits per heavy atom. The number of fused-ring (bicyclic) bond motifs is 1. The molecule has 1 aliphatic rings. The maximum Gasteiger partial charge on any atom is 0.264 e. The van der Waals surface area contributed by atoms with Gasteiger partial charge in [-0.15, -0.1) is 0 Å². The minimum Gasteiger partial charge on any atom is -0.486 e. The second-order valence-electron chi connectivity index (χ2n) is 8.43. The molecule has 12 heteroatoms. The SMILES string of the molecule is CC(NC(=O)CN(c1cccc(F)c1)S(=O)(=O)c1ccc2c(c1)OCCO2)c1ccc(S(C)(=O)=O)cc1. The van der Waals surface area contributed by atoms with Crippen LogP contribution < -0.4 is 19.1 Å². The second kappa shape index (κ2) is 10.4. The molecule has 9 nitrogen and oxygen atoms in total. The molecule has 37 heavy (non-hydrogen) atoms. The summed E-state index contributed by atoms with van der Waals surface area (Å²) in [7, 11) is -7.69. The average Bonchev–Trinajstić information content (AvgIpc) is 2.86. The predicted molar refractivity (Wildman–Crippen MR) is 134 cm³/mol. The summed E-state index contributed by atoms with van der Waals surface area (Å²) in [4.78, 5) is 13.0. The topological polar surface area (TPSA) is 119 Å². The van der Waals surface area contributed by atoms with E-state index in [0.29, 0.717) is 17.9 Å². The van der Waals surface area contributed by atoms with E-state index in [-0.39, 0.29) is 27.8 Å². The van der Waals surface area contributed by atoms with E-state index in [1.165, 1.54) is 48.5 Å². The number of halogens is 1. The van der Waals surface area contributed by atoms with Gasteiger partial charge in [0, 0.05) is 12.3 Å². The molecular weight excluding hydrogens is 523 g/mol. The van der Waals surface area contributed by atoms with Gasteiger partial charge in [0.2, 0.25) is 5.91 Å². The molecule has 0 bridgehead atoms. The highest BCUT2D eigenvalue weighted by Gasteiger charge is 2.29. The summed E-state index contributed by atoms with van der Waals surface area (Å²) in [5, 5.41) is 2.71. The van der Waals surface area contributed by atoms with Gasteiger partial charge in [-0.25, -0.2) is 21.2 Å². The van der Waals surface area contributed by atoms with Crippen LogP contribution in [0.2, 0.25) is 0 Å². The van der Waals surface area contributed by atoms with Gasteiger partial charge >= 0.3 is 0 Å². The van der Waals surface area contributed by atoms with E-state index in [0.717, 1.165) is 16.6 Å². The monoisotopic (exact) mass is 548 g/mol. The Labute approximate surface area is 214 Å². The van der Waals surface area contributed by atoms with Crippen LogP contribution >= 0.6 is 0 Å². The van der Waals surface area contributed by atoms with Crippen molar-refractivity contribution >= 4 is 31.5 Å². The van der Waals surface area contributed by atoms with Crippen LogP contribution in [0.3, 0.4) is 0 Å². The molecule has 1 N–H and O–H groups in total. The van der Waals surface area contributed by atoms with Crippen molar-refractivity contribution in [3.8, 4) is 11.5 Å². The normalized spacial score (nSPS) is 14.0. The minimum atomic E-state index is -4.32. The van der Waals surface area contributed by atoms with Gasteiger partial charge in [0.1, 0.15) is 25.6 Å². The molecule has 3 aromatic rings. The third kappa shape index (κ3) is 6.03. The van der Waals surface area contributed by atoms with E-state index in [1.807, 2.05) is 0 Å². The van der Waals surface area contributed by atoms with Crippen molar-refractivity contribution in [2.75, 3.05) is 30.3 Å². The number of benzene rings is 3. The number of sulfonamides is 1. The summed E-state index contributed by atoms with van der Waals surface area (Å²) in [5.41, 5.74) is 0.586. The van der Waals surface area contributed by atoms with E-state index in [2.05, 4.69) is 5.32 Å². The first-order chi connectivity index (χ1) is 17.4. The van der Waals surface area contributed by atoms with Crippen LogP contribution in [-0.2, 0) is 24.7 Å². The standard InChI is InChI=1S/C25H25FN2O7S2/c1-17(18-6-8-21(9-7-18)36(2,30)31)27-25(29)16-28(20-5-3-4-19(26)14-20)37(32,33)22-10-11-23-24(15-22)35-13-12-34-23/h3-11,14-15,17H,12-13,16H2,1-2H3,(H,27,29). The lowest BCUT2D eigenvalue weighted by atomic mass is 10.1. The Bertz CT molecular complexity index is 1520. The molecule has 1 aliphatic heterocycles. The molecule has 1 atom stereocenters. The average molecular weight is 549 g/mol. The molecule has 0 saturated heterocycles. The molecule has 196 valence electrons. The molecule has 1 heterocycles. The number of sulfone groups is 1. The van der Waals surface area contributed by atoms with E-state index < -0.39 is 44.2 Å². The summed E-state index contributed by atoms with van der Waals surface area (Å²) in [6.45, 7) is 1.64. The molecule has 0 spiro atoms. The Morgan fingerprint density at radius 1 is 0.946 bits per heavy atom. The van der Waals surface area contributed by atoms with Crippen LogP contribution in [0.4, 0.5) is 10.1 Å². The van der Waals surface area contributed by atoms with Crippen LogP contribution in [-0.4, -0.2) is 48.8 Å². The fourth-order valence-electron chi connectivity index (χ4n) is 3.76. The van der Waals surface area contributed by atoms with Gasteiger partial charge in [-0.05, 0) is 55.0 Å². The first kappa shape index (κ1) is 26.4. The van der Waals surface area contributed by atoms with E-state index in [1.54, 1.807) is 19.1 Å². The lowest BCUT2D eigenvalue weighted by Crippen LogP contribution is -2.41. The Kier molecular flexibility index (Phi) is 7.42. The smallest absolute Gasteiger partial charge is 0.264 e. The molecule has 0 saturated carbocycles. The van der Waals surface area contributed by atoms with Crippen molar-refractivity contribution in [2.45, 2.75) is 22.8 Å². The summed E-state index contributed by atoms with van der Waals surface area (Å²) in [6, 6.07) is 14.5. The van der Waals surface area contributed by atoms with Crippen LogP contribution in [0.5, 0.6) is 11.5 Å². The van der Waals surface area contributed by atoms with Gasteiger partial charge in [0.15, 0.2) is 21.3 Å². The zero-order valence-electron chi connectivity index (χ0n) is 20.0. The third-order valence-electron chi connectivity index (χ3n) is 5.67. The number of ether oxygens (including phenoxy) is 2. The maximum absolute atomic E-state index is 14.0. The van der Waals surface area contributed by atoms with Crippen molar-refractivity contribution in [1.29, 1.82) is 0 Å². The number of nitrogens with one attached hydrogen (secondary N) is 1. The number of hydrogen-bond acceptors (Lipinski definition) is 7. The second-order valence-corrected chi connectivity index (χ2v) is 12.3. The Balaban J connectivity index is 1.60. The molecule has 0 radical (unpaired) electrons. The van der Waals surface area contributed by atoms with Crippen LogP contribution in [0.25, 0.3) is 0 Å². The van der Waals surface area contributed by atoms with Crippen molar-refractivity contribution in [3.05, 3.63) is 78.1 Å². The van der Waals surface area contributed by atoms with Crippen LogP contribution in [0.1, 0.15) is 18.5 Å². The zero-order chi connectivity index (χ0) is 26.8. The maximum atomic E-state index is 14.0. The summed E-state index contributed by atoms with van der Waals surface area (Å²) in [5.74, 6) is -0.664. The zero-order valence-corrected chi connectivity index (χ0v) is 21.7. The van der Waals surface area contributed by atoms with Crippen molar-refractivity contribution in [1.82, 2.24) is 5.32 Å². The highest BCUT2D eigenvalue weighted by Crippen LogP contribution is 2.34.